The Labute approximate surface area is 254 Å². The number of hydrogen-bond acceptors (Lipinski definition) is 8. The van der Waals surface area contributed by atoms with E-state index in [9.17, 15) is 10.2 Å². The molecule has 0 bridgehead atoms. The van der Waals surface area contributed by atoms with Gasteiger partial charge in [-0.05, 0) is 98.5 Å². The quantitative estimate of drug-likeness (QED) is 0.182. The van der Waals surface area contributed by atoms with Gasteiger partial charge in [0.25, 0.3) is 0 Å². The second-order valence-electron chi connectivity index (χ2n) is 10.4. The van der Waals surface area contributed by atoms with Crippen LogP contribution in [0.1, 0.15) is 22.5 Å². The van der Waals surface area contributed by atoms with Crippen molar-refractivity contribution in [3.63, 3.8) is 0 Å². The number of hydrogen-bond donors (Lipinski definition) is 2. The molecule has 6 aromatic rings. The van der Waals surface area contributed by atoms with Gasteiger partial charge in [0.05, 0.1) is 34.1 Å². The smallest absolute Gasteiger partial charge is 0.243 e. The van der Waals surface area contributed by atoms with E-state index in [4.69, 9.17) is 0 Å². The van der Waals surface area contributed by atoms with Gasteiger partial charge in [0, 0.05) is 0 Å². The second kappa shape index (κ2) is 11.8. The Balaban J connectivity index is 1.21. The van der Waals surface area contributed by atoms with Crippen LogP contribution < -0.4 is 0 Å². The van der Waals surface area contributed by atoms with Crippen LogP contribution in [0.25, 0.3) is 22.5 Å². The molecule has 10 heteroatoms. The van der Waals surface area contributed by atoms with Crippen molar-refractivity contribution in [2.45, 2.75) is 27.7 Å². The maximum absolute atomic E-state index is 10.7. The Hall–Kier alpha value is -5.90. The van der Waals surface area contributed by atoms with E-state index in [1.165, 1.54) is 9.36 Å². The molecule has 218 valence electrons. The van der Waals surface area contributed by atoms with Crippen molar-refractivity contribution >= 4 is 22.7 Å². The topological polar surface area (TPSA) is 126 Å². The number of aryl methyl sites for hydroxylation is 4. The molecule has 0 aliphatic rings. The van der Waals surface area contributed by atoms with E-state index in [2.05, 4.69) is 30.7 Å². The monoisotopic (exact) mass is 582 g/mol. The molecule has 2 N–H and O–H groups in total. The third kappa shape index (κ3) is 5.48. The number of azo groups is 2. The van der Waals surface area contributed by atoms with Crippen molar-refractivity contribution in [2.75, 3.05) is 0 Å². The molecular formula is C34H30N8O2. The van der Waals surface area contributed by atoms with Crippen LogP contribution in [0.3, 0.4) is 0 Å². The summed E-state index contributed by atoms with van der Waals surface area (Å²) in [5, 5.41) is 47.7. The summed E-state index contributed by atoms with van der Waals surface area (Å²) in [5.41, 5.74) is 8.76. The largest absolute Gasteiger partial charge is 0.492 e. The molecule has 44 heavy (non-hydrogen) atoms. The summed E-state index contributed by atoms with van der Waals surface area (Å²) < 4.78 is 2.90. The lowest BCUT2D eigenvalue weighted by Gasteiger charge is -2.10. The zero-order chi connectivity index (χ0) is 30.8. The second-order valence-corrected chi connectivity index (χ2v) is 10.4. The number of aromatic hydroxyl groups is 2. The summed E-state index contributed by atoms with van der Waals surface area (Å²) in [5.74, 6) is -0.122. The van der Waals surface area contributed by atoms with Crippen LogP contribution in [0, 0.1) is 27.7 Å². The van der Waals surface area contributed by atoms with Crippen LogP contribution >= 0.6 is 0 Å². The van der Waals surface area contributed by atoms with Crippen molar-refractivity contribution in [1.82, 2.24) is 19.6 Å². The van der Waals surface area contributed by atoms with Gasteiger partial charge in [-0.2, -0.15) is 29.8 Å². The molecule has 4 aromatic carbocycles. The number of rotatable bonds is 7. The van der Waals surface area contributed by atoms with Gasteiger partial charge in [-0.3, -0.25) is 0 Å². The molecule has 0 fully saturated rings. The lowest BCUT2D eigenvalue weighted by molar-refractivity contribution is 0.434. The van der Waals surface area contributed by atoms with Gasteiger partial charge in [-0.15, -0.1) is 10.2 Å². The van der Waals surface area contributed by atoms with E-state index in [1.807, 2.05) is 111 Å². The summed E-state index contributed by atoms with van der Waals surface area (Å²) in [6.07, 6.45) is 0. The first-order valence-corrected chi connectivity index (χ1v) is 14.0. The van der Waals surface area contributed by atoms with Gasteiger partial charge < -0.3 is 10.2 Å². The molecule has 0 atom stereocenters. The van der Waals surface area contributed by atoms with E-state index in [1.54, 1.807) is 13.8 Å². The van der Waals surface area contributed by atoms with Crippen LogP contribution in [0.2, 0.25) is 0 Å². The van der Waals surface area contributed by atoms with Crippen molar-refractivity contribution in [3.05, 3.63) is 120 Å². The Morgan fingerprint density at radius 3 is 1.25 bits per heavy atom. The van der Waals surface area contributed by atoms with E-state index in [0.717, 1.165) is 33.6 Å². The average molecular weight is 583 g/mol. The highest BCUT2D eigenvalue weighted by molar-refractivity contribution is 5.74. The van der Waals surface area contributed by atoms with Gasteiger partial charge in [-0.1, -0.05) is 48.5 Å². The van der Waals surface area contributed by atoms with Crippen molar-refractivity contribution in [3.8, 4) is 34.3 Å². The first-order chi connectivity index (χ1) is 21.3. The molecule has 6 rings (SSSR count). The number of para-hydroxylation sites is 2. The normalized spacial score (nSPS) is 11.6. The van der Waals surface area contributed by atoms with Crippen LogP contribution in [0.15, 0.2) is 118 Å². The molecule has 0 unspecified atom stereocenters. The van der Waals surface area contributed by atoms with Crippen molar-refractivity contribution < 1.29 is 10.2 Å². The Kier molecular flexibility index (Phi) is 7.55. The minimum atomic E-state index is -0.0611. The summed E-state index contributed by atoms with van der Waals surface area (Å²) in [6.45, 7) is 7.62. The van der Waals surface area contributed by atoms with Crippen LogP contribution in [-0.4, -0.2) is 29.8 Å². The molecule has 0 saturated carbocycles. The third-order valence-electron chi connectivity index (χ3n) is 7.25. The molecular weight excluding hydrogens is 552 g/mol. The van der Waals surface area contributed by atoms with E-state index in [0.29, 0.717) is 34.1 Å². The minimum Gasteiger partial charge on any atom is -0.492 e. The number of aromatic nitrogens is 4. The number of benzene rings is 4. The standard InChI is InChI=1S/C34H30N8O2/c1-21-19-25(35-37-31-23(3)39-41(33(31)43)27-11-7-5-8-12-27)15-17-29(21)30-18-16-26(20-22(30)2)36-38-32-24(4)40-42(34(32)44)28-13-9-6-10-14-28/h5-20,43-44H,1-4H3/b37-35+,38-36+. The molecule has 0 amide bonds. The fraction of sp³-hybridized carbons (Fsp3) is 0.118. The maximum atomic E-state index is 10.7. The van der Waals surface area contributed by atoms with Gasteiger partial charge in [0.15, 0.2) is 11.4 Å². The molecule has 2 aromatic heterocycles. The van der Waals surface area contributed by atoms with E-state index in [-0.39, 0.29) is 11.8 Å². The zero-order valence-corrected chi connectivity index (χ0v) is 24.7. The highest BCUT2D eigenvalue weighted by Gasteiger charge is 2.17. The van der Waals surface area contributed by atoms with E-state index < -0.39 is 0 Å². The Bertz CT molecular complexity index is 1880. The molecule has 0 saturated heterocycles. The highest BCUT2D eigenvalue weighted by atomic mass is 16.3. The third-order valence-corrected chi connectivity index (χ3v) is 7.25. The highest BCUT2D eigenvalue weighted by Crippen LogP contribution is 2.37. The number of nitrogens with zero attached hydrogens (tertiary/aromatic N) is 8. The molecule has 0 spiro atoms. The van der Waals surface area contributed by atoms with Gasteiger partial charge >= 0.3 is 0 Å². The van der Waals surface area contributed by atoms with Crippen LogP contribution in [-0.2, 0) is 0 Å². The Morgan fingerprint density at radius 2 is 0.886 bits per heavy atom. The Morgan fingerprint density at radius 1 is 0.500 bits per heavy atom. The molecule has 0 aliphatic carbocycles. The summed E-state index contributed by atoms with van der Waals surface area (Å²) in [4.78, 5) is 0. The molecule has 0 radical (unpaired) electrons. The lowest BCUT2D eigenvalue weighted by atomic mass is 9.96. The summed E-state index contributed by atoms with van der Waals surface area (Å²) in [7, 11) is 0. The van der Waals surface area contributed by atoms with Crippen LogP contribution in [0.4, 0.5) is 22.7 Å². The maximum Gasteiger partial charge on any atom is 0.243 e. The predicted octanol–water partition coefficient (Wildman–Crippen LogP) is 9.20. The lowest BCUT2D eigenvalue weighted by Crippen LogP contribution is -1.94. The van der Waals surface area contributed by atoms with Gasteiger partial charge in [-0.25, -0.2) is 0 Å². The summed E-state index contributed by atoms with van der Waals surface area (Å²) >= 11 is 0. The van der Waals surface area contributed by atoms with Gasteiger partial charge in [0.1, 0.15) is 0 Å². The zero-order valence-electron chi connectivity index (χ0n) is 24.7. The molecule has 2 heterocycles. The molecule has 10 nitrogen and oxygen atoms in total. The summed E-state index contributed by atoms with van der Waals surface area (Å²) in [6, 6.07) is 30.5. The van der Waals surface area contributed by atoms with Crippen molar-refractivity contribution in [2.24, 2.45) is 20.5 Å². The average Bonchev–Trinajstić information content (AvgIpc) is 3.48. The fourth-order valence-electron chi connectivity index (χ4n) is 4.99. The van der Waals surface area contributed by atoms with Crippen molar-refractivity contribution in [1.29, 1.82) is 0 Å². The SMILES string of the molecule is Cc1cc(/N=N/c2c(C)nn(-c3ccccc3)c2O)ccc1-c1ccc(/N=N/c2c(C)nn(-c3ccccc3)c2O)cc1C. The van der Waals surface area contributed by atoms with Gasteiger partial charge in [0.2, 0.25) is 11.8 Å². The molecule has 0 aliphatic heterocycles. The van der Waals surface area contributed by atoms with E-state index >= 15 is 0 Å². The first-order valence-electron chi connectivity index (χ1n) is 14.0. The van der Waals surface area contributed by atoms with Crippen LogP contribution in [0.5, 0.6) is 11.8 Å². The fourth-order valence-corrected chi connectivity index (χ4v) is 4.99. The first kappa shape index (κ1) is 28.2. The minimum absolute atomic E-state index is 0.0611. The predicted molar refractivity (Wildman–Crippen MR) is 170 cm³/mol.